The number of rotatable bonds is 2. The first-order valence-corrected chi connectivity index (χ1v) is 7.30. The Morgan fingerprint density at radius 3 is 2.71 bits per heavy atom. The predicted octanol–water partition coefficient (Wildman–Crippen LogP) is 2.97. The van der Waals surface area contributed by atoms with Crippen LogP contribution in [-0.4, -0.2) is 32.9 Å². The van der Waals surface area contributed by atoms with Gasteiger partial charge in [-0.15, -0.1) is 0 Å². The molecule has 2 aromatic heterocycles. The smallest absolute Gasteiger partial charge is 0.323 e. The number of carbonyl (C=O) groups is 1. The number of carbonyl (C=O) groups excluding carboxylic acids is 1. The van der Waals surface area contributed by atoms with Crippen LogP contribution in [0.2, 0.25) is 5.15 Å². The van der Waals surface area contributed by atoms with Crippen molar-refractivity contribution >= 4 is 34.4 Å². The Balaban J connectivity index is 2.18. The van der Waals surface area contributed by atoms with E-state index in [1.807, 2.05) is 32.4 Å². The summed E-state index contributed by atoms with van der Waals surface area (Å²) in [5.41, 5.74) is 0.614. The van der Waals surface area contributed by atoms with Crippen LogP contribution in [0.25, 0.3) is 10.9 Å². The van der Waals surface area contributed by atoms with E-state index in [9.17, 15) is 4.79 Å². The van der Waals surface area contributed by atoms with E-state index in [1.54, 1.807) is 17.2 Å². The summed E-state index contributed by atoms with van der Waals surface area (Å²) in [6, 6.07) is 1.82. The van der Waals surface area contributed by atoms with Crippen LogP contribution < -0.4 is 10.2 Å². The molecule has 6 nitrogen and oxygen atoms in total. The summed E-state index contributed by atoms with van der Waals surface area (Å²) in [5, 5.41) is 8.81. The van der Waals surface area contributed by atoms with Crippen molar-refractivity contribution < 1.29 is 4.79 Å². The molecule has 0 spiro atoms. The van der Waals surface area contributed by atoms with Crippen molar-refractivity contribution in [2.45, 2.75) is 39.3 Å². The Bertz CT molecular complexity index is 721. The van der Waals surface area contributed by atoms with Gasteiger partial charge < -0.3 is 5.32 Å². The average Bonchev–Trinajstić information content (AvgIpc) is 2.85. The van der Waals surface area contributed by atoms with Crippen LogP contribution in [0.3, 0.4) is 0 Å². The van der Waals surface area contributed by atoms with Gasteiger partial charge in [0, 0.05) is 18.3 Å². The summed E-state index contributed by atoms with van der Waals surface area (Å²) >= 11 is 5.99. The van der Waals surface area contributed by atoms with E-state index >= 15 is 0 Å². The lowest BCUT2D eigenvalue weighted by molar-refractivity contribution is 0.248. The highest BCUT2D eigenvalue weighted by Crippen LogP contribution is 2.31. The number of anilines is 1. The van der Waals surface area contributed by atoms with Gasteiger partial charge in [-0.3, -0.25) is 9.58 Å². The monoisotopic (exact) mass is 307 g/mol. The molecule has 0 aromatic carbocycles. The number of nitrogens with zero attached hydrogens (tertiary/aromatic N) is 4. The van der Waals surface area contributed by atoms with Crippen molar-refractivity contribution in [2.75, 3.05) is 11.4 Å². The highest BCUT2D eigenvalue weighted by molar-refractivity contribution is 6.30. The lowest BCUT2D eigenvalue weighted by atomic mass is 10.1. The third kappa shape index (κ3) is 2.33. The van der Waals surface area contributed by atoms with Gasteiger partial charge in [-0.05, 0) is 27.7 Å². The van der Waals surface area contributed by atoms with Gasteiger partial charge in [0.1, 0.15) is 5.15 Å². The second-order valence-corrected chi connectivity index (χ2v) is 6.67. The maximum atomic E-state index is 12.2. The largest absolute Gasteiger partial charge is 0.331 e. The Morgan fingerprint density at radius 1 is 1.43 bits per heavy atom. The van der Waals surface area contributed by atoms with Gasteiger partial charge in [0.05, 0.1) is 23.0 Å². The van der Waals surface area contributed by atoms with E-state index in [2.05, 4.69) is 15.4 Å². The molecular weight excluding hydrogens is 290 g/mol. The van der Waals surface area contributed by atoms with Gasteiger partial charge in [-0.25, -0.2) is 9.78 Å². The summed E-state index contributed by atoms with van der Waals surface area (Å²) in [7, 11) is 0. The molecule has 2 amide bonds. The normalized spacial score (nSPS) is 17.8. The average molecular weight is 308 g/mol. The number of halogens is 1. The maximum absolute atomic E-state index is 12.2. The molecule has 112 valence electrons. The standard InChI is InChI=1S/C14H18ClN5O/c1-8(2)20-10-5-11(15)16-6-9(10)12(18-20)19-7-14(3,4)17-13(19)21/h5-6,8H,7H2,1-4H3,(H,17,21). The zero-order valence-electron chi connectivity index (χ0n) is 12.5. The Morgan fingerprint density at radius 2 is 2.14 bits per heavy atom. The first-order valence-electron chi connectivity index (χ1n) is 6.92. The molecule has 0 unspecified atom stereocenters. The van der Waals surface area contributed by atoms with E-state index in [1.165, 1.54) is 0 Å². The summed E-state index contributed by atoms with van der Waals surface area (Å²) in [6.07, 6.45) is 1.68. The lowest BCUT2D eigenvalue weighted by Crippen LogP contribution is -2.36. The molecule has 0 radical (unpaired) electrons. The van der Waals surface area contributed by atoms with Crippen molar-refractivity contribution in [3.05, 3.63) is 17.4 Å². The first kappa shape index (κ1) is 14.1. The maximum Gasteiger partial charge on any atom is 0.323 e. The molecule has 1 N–H and O–H groups in total. The first-order chi connectivity index (χ1) is 9.78. The number of fused-ring (bicyclic) bond motifs is 1. The molecule has 1 saturated heterocycles. The van der Waals surface area contributed by atoms with Crippen LogP contribution >= 0.6 is 11.6 Å². The number of hydrogen-bond acceptors (Lipinski definition) is 3. The molecule has 0 aliphatic carbocycles. The van der Waals surface area contributed by atoms with Crippen molar-refractivity contribution in [1.82, 2.24) is 20.1 Å². The fraction of sp³-hybridized carbons (Fsp3) is 0.500. The van der Waals surface area contributed by atoms with Gasteiger partial charge in [-0.2, -0.15) is 5.10 Å². The minimum absolute atomic E-state index is 0.134. The summed E-state index contributed by atoms with van der Waals surface area (Å²) < 4.78 is 1.87. The quantitative estimate of drug-likeness (QED) is 0.868. The van der Waals surface area contributed by atoms with Crippen molar-refractivity contribution in [3.63, 3.8) is 0 Å². The van der Waals surface area contributed by atoms with Crippen LogP contribution in [0.15, 0.2) is 12.3 Å². The molecule has 1 aliphatic rings. The van der Waals surface area contributed by atoms with Crippen LogP contribution in [0, 0.1) is 0 Å². The molecule has 7 heteroatoms. The van der Waals surface area contributed by atoms with Crippen molar-refractivity contribution in [1.29, 1.82) is 0 Å². The molecule has 1 aliphatic heterocycles. The summed E-state index contributed by atoms with van der Waals surface area (Å²) in [4.78, 5) is 18.0. The molecule has 3 rings (SSSR count). The number of pyridine rings is 1. The number of hydrogen-bond donors (Lipinski definition) is 1. The van der Waals surface area contributed by atoms with Crippen LogP contribution in [0.5, 0.6) is 0 Å². The molecule has 3 heterocycles. The van der Waals surface area contributed by atoms with E-state index < -0.39 is 0 Å². The van der Waals surface area contributed by atoms with E-state index in [0.717, 1.165) is 10.9 Å². The van der Waals surface area contributed by atoms with E-state index in [4.69, 9.17) is 11.6 Å². The Hall–Kier alpha value is -1.82. The van der Waals surface area contributed by atoms with Gasteiger partial charge in [0.2, 0.25) is 0 Å². The van der Waals surface area contributed by atoms with Crippen molar-refractivity contribution in [2.24, 2.45) is 0 Å². The second kappa shape index (κ2) is 4.59. The molecule has 2 aromatic rings. The molecule has 0 atom stereocenters. The number of aromatic nitrogens is 3. The minimum Gasteiger partial charge on any atom is -0.331 e. The van der Waals surface area contributed by atoms with Gasteiger partial charge in [0.25, 0.3) is 0 Å². The topological polar surface area (TPSA) is 63.1 Å². The molecule has 1 fully saturated rings. The second-order valence-electron chi connectivity index (χ2n) is 6.29. The minimum atomic E-state index is -0.273. The highest BCUT2D eigenvalue weighted by Gasteiger charge is 2.37. The van der Waals surface area contributed by atoms with Gasteiger partial charge in [0.15, 0.2) is 5.82 Å². The fourth-order valence-electron chi connectivity index (χ4n) is 2.62. The summed E-state index contributed by atoms with van der Waals surface area (Å²) in [6.45, 7) is 8.62. The molecule has 0 bridgehead atoms. The fourth-order valence-corrected chi connectivity index (χ4v) is 2.77. The number of amides is 2. The van der Waals surface area contributed by atoms with Gasteiger partial charge >= 0.3 is 6.03 Å². The zero-order valence-corrected chi connectivity index (χ0v) is 13.3. The zero-order chi connectivity index (χ0) is 15.4. The van der Waals surface area contributed by atoms with Crippen LogP contribution in [0.4, 0.5) is 10.6 Å². The number of nitrogens with one attached hydrogen (secondary N) is 1. The van der Waals surface area contributed by atoms with Crippen molar-refractivity contribution in [3.8, 4) is 0 Å². The Kier molecular flexibility index (Phi) is 3.09. The Labute approximate surface area is 128 Å². The van der Waals surface area contributed by atoms with E-state index in [-0.39, 0.29) is 17.6 Å². The summed E-state index contributed by atoms with van der Waals surface area (Å²) in [5.74, 6) is 0.631. The molecule has 21 heavy (non-hydrogen) atoms. The SMILES string of the molecule is CC(C)n1nc(N2CC(C)(C)NC2=O)c2cnc(Cl)cc21. The lowest BCUT2D eigenvalue weighted by Gasteiger charge is -2.16. The predicted molar refractivity (Wildman–Crippen MR) is 82.9 cm³/mol. The highest BCUT2D eigenvalue weighted by atomic mass is 35.5. The molecule has 0 saturated carbocycles. The van der Waals surface area contributed by atoms with Crippen LogP contribution in [-0.2, 0) is 0 Å². The molecular formula is C14H18ClN5O. The third-order valence-electron chi connectivity index (χ3n) is 3.53. The van der Waals surface area contributed by atoms with Crippen LogP contribution in [0.1, 0.15) is 33.7 Å². The number of urea groups is 1. The van der Waals surface area contributed by atoms with Gasteiger partial charge in [-0.1, -0.05) is 11.6 Å². The van der Waals surface area contributed by atoms with E-state index in [0.29, 0.717) is 17.5 Å². The third-order valence-corrected chi connectivity index (χ3v) is 3.73.